The van der Waals surface area contributed by atoms with Crippen LogP contribution in [-0.4, -0.2) is 25.1 Å². The van der Waals surface area contributed by atoms with Gasteiger partial charge in [0.05, 0.1) is 12.9 Å². The van der Waals surface area contributed by atoms with Gasteiger partial charge in [-0.05, 0) is 30.3 Å². The number of thioether (sulfide) groups is 1. The Labute approximate surface area is 147 Å². The fourth-order valence-electron chi connectivity index (χ4n) is 1.94. The Morgan fingerprint density at radius 1 is 1.12 bits per heavy atom. The molecule has 1 amide bonds. The van der Waals surface area contributed by atoms with Crippen molar-refractivity contribution in [3.63, 3.8) is 0 Å². The third-order valence-corrected chi connectivity index (χ3v) is 4.12. The molecule has 0 spiro atoms. The summed E-state index contributed by atoms with van der Waals surface area (Å²) in [5.41, 5.74) is 0.252. The average Bonchev–Trinajstić information content (AvgIpc) is 2.58. The van der Waals surface area contributed by atoms with Crippen molar-refractivity contribution >= 4 is 17.7 Å². The van der Waals surface area contributed by atoms with Crippen molar-refractivity contribution in [1.29, 1.82) is 0 Å². The number of hydrogen-bond acceptors (Lipinski definition) is 4. The summed E-state index contributed by atoms with van der Waals surface area (Å²) in [6.07, 6.45) is -4.77. The van der Waals surface area contributed by atoms with E-state index in [2.05, 4.69) is 10.1 Å². The molecule has 0 bridgehead atoms. The molecular weight excluding hydrogens is 355 g/mol. The van der Waals surface area contributed by atoms with Crippen LogP contribution in [0.2, 0.25) is 0 Å². The van der Waals surface area contributed by atoms with Crippen LogP contribution < -0.4 is 14.8 Å². The van der Waals surface area contributed by atoms with Crippen molar-refractivity contribution < 1.29 is 27.4 Å². The minimum Gasteiger partial charge on any atom is -0.497 e. The molecule has 4 nitrogen and oxygen atoms in total. The summed E-state index contributed by atoms with van der Waals surface area (Å²) in [4.78, 5) is 12.8. The Morgan fingerprint density at radius 3 is 2.44 bits per heavy atom. The van der Waals surface area contributed by atoms with Crippen LogP contribution in [0, 0.1) is 0 Å². The van der Waals surface area contributed by atoms with Gasteiger partial charge in [0, 0.05) is 17.0 Å². The Bertz CT molecular complexity index is 705. The van der Waals surface area contributed by atoms with Crippen LogP contribution in [0.1, 0.15) is 5.56 Å². The number of rotatable bonds is 7. The van der Waals surface area contributed by atoms with Gasteiger partial charge in [-0.1, -0.05) is 18.2 Å². The van der Waals surface area contributed by atoms with Crippen LogP contribution in [0.4, 0.5) is 13.2 Å². The number of hydrogen-bond donors (Lipinski definition) is 1. The second-order valence-corrected chi connectivity index (χ2v) is 5.95. The van der Waals surface area contributed by atoms with Gasteiger partial charge in [-0.15, -0.1) is 24.9 Å². The summed E-state index contributed by atoms with van der Waals surface area (Å²) in [6.45, 7) is -0.0474. The van der Waals surface area contributed by atoms with E-state index < -0.39 is 6.36 Å². The molecule has 0 aromatic heterocycles. The summed E-state index contributed by atoms with van der Waals surface area (Å²) in [5.74, 6) is 0.255. The van der Waals surface area contributed by atoms with Gasteiger partial charge in [0.2, 0.25) is 5.91 Å². The van der Waals surface area contributed by atoms with E-state index in [4.69, 9.17) is 4.74 Å². The molecular formula is C17H16F3NO3S. The Morgan fingerprint density at radius 2 is 1.80 bits per heavy atom. The maximum atomic E-state index is 12.4. The Kier molecular flexibility index (Phi) is 6.58. The molecule has 0 aliphatic rings. The van der Waals surface area contributed by atoms with Crippen LogP contribution in [0.15, 0.2) is 53.4 Å². The number of methoxy groups -OCH3 is 1. The highest BCUT2D eigenvalue weighted by Crippen LogP contribution is 2.26. The highest BCUT2D eigenvalue weighted by Gasteiger charge is 2.31. The van der Waals surface area contributed by atoms with Crippen molar-refractivity contribution in [2.75, 3.05) is 12.9 Å². The molecule has 0 aliphatic heterocycles. The lowest BCUT2D eigenvalue weighted by Crippen LogP contribution is -2.25. The molecule has 1 N–H and O–H groups in total. The zero-order chi connectivity index (χ0) is 18.3. The van der Waals surface area contributed by atoms with E-state index in [9.17, 15) is 18.0 Å². The second kappa shape index (κ2) is 8.66. The van der Waals surface area contributed by atoms with Gasteiger partial charge in [0.25, 0.3) is 0 Å². The standard InChI is InChI=1S/C17H16F3NO3S/c1-23-13-6-8-14(9-7-13)25-11-16(22)21-10-12-4-2-3-5-15(12)24-17(18,19)20/h2-9H,10-11H2,1H3,(H,21,22). The highest BCUT2D eigenvalue weighted by molar-refractivity contribution is 8.00. The van der Waals surface area contributed by atoms with Crippen LogP contribution in [0.25, 0.3) is 0 Å². The lowest BCUT2D eigenvalue weighted by molar-refractivity contribution is -0.274. The highest BCUT2D eigenvalue weighted by atomic mass is 32.2. The normalized spacial score (nSPS) is 11.0. The molecule has 2 aromatic carbocycles. The van der Waals surface area contributed by atoms with Crippen molar-refractivity contribution in [2.45, 2.75) is 17.8 Å². The number of carbonyl (C=O) groups excluding carboxylic acids is 1. The number of nitrogens with one attached hydrogen (secondary N) is 1. The van der Waals surface area contributed by atoms with Gasteiger partial charge in [0.1, 0.15) is 11.5 Å². The van der Waals surface area contributed by atoms with Crippen LogP contribution in [-0.2, 0) is 11.3 Å². The second-order valence-electron chi connectivity index (χ2n) is 4.90. The van der Waals surface area contributed by atoms with Crippen LogP contribution in [0.5, 0.6) is 11.5 Å². The molecule has 0 atom stereocenters. The maximum Gasteiger partial charge on any atom is 0.573 e. The van der Waals surface area contributed by atoms with Gasteiger partial charge in [0.15, 0.2) is 0 Å². The van der Waals surface area contributed by atoms with E-state index in [0.29, 0.717) is 0 Å². The van der Waals surface area contributed by atoms with Gasteiger partial charge < -0.3 is 14.8 Å². The van der Waals surface area contributed by atoms with Gasteiger partial charge in [-0.2, -0.15) is 0 Å². The smallest absolute Gasteiger partial charge is 0.497 e. The number of halogens is 3. The van der Waals surface area contributed by atoms with Crippen molar-refractivity contribution in [2.24, 2.45) is 0 Å². The molecule has 25 heavy (non-hydrogen) atoms. The van der Waals surface area contributed by atoms with E-state index in [1.54, 1.807) is 25.3 Å². The lowest BCUT2D eigenvalue weighted by Gasteiger charge is -2.13. The third kappa shape index (κ3) is 6.58. The van der Waals surface area contributed by atoms with Crippen molar-refractivity contribution in [3.05, 3.63) is 54.1 Å². The first-order valence-corrected chi connectivity index (χ1v) is 8.23. The van der Waals surface area contributed by atoms with Gasteiger partial charge in [-0.3, -0.25) is 4.79 Å². The monoisotopic (exact) mass is 371 g/mol. The van der Waals surface area contributed by atoms with Crippen LogP contribution >= 0.6 is 11.8 Å². The van der Waals surface area contributed by atoms with E-state index >= 15 is 0 Å². The zero-order valence-corrected chi connectivity index (χ0v) is 14.1. The summed E-state index contributed by atoms with van der Waals surface area (Å²) in [5, 5.41) is 2.59. The Hall–Kier alpha value is -2.35. The molecule has 0 heterocycles. The molecule has 2 rings (SSSR count). The SMILES string of the molecule is COc1ccc(SCC(=O)NCc2ccccc2OC(F)(F)F)cc1. The van der Waals surface area contributed by atoms with E-state index in [0.717, 1.165) is 10.6 Å². The van der Waals surface area contributed by atoms with E-state index in [-0.39, 0.29) is 29.5 Å². The first-order valence-electron chi connectivity index (χ1n) is 7.24. The summed E-state index contributed by atoms with van der Waals surface area (Å²) in [6, 6.07) is 12.9. The molecule has 134 valence electrons. The summed E-state index contributed by atoms with van der Waals surface area (Å²) >= 11 is 1.32. The maximum absolute atomic E-state index is 12.4. The molecule has 0 saturated carbocycles. The number of benzene rings is 2. The number of amides is 1. The van der Waals surface area contributed by atoms with Crippen LogP contribution in [0.3, 0.4) is 0 Å². The first kappa shape index (κ1) is 19.0. The van der Waals surface area contributed by atoms with Crippen molar-refractivity contribution in [3.8, 4) is 11.5 Å². The molecule has 0 fully saturated rings. The van der Waals surface area contributed by atoms with Gasteiger partial charge >= 0.3 is 6.36 Å². The third-order valence-electron chi connectivity index (χ3n) is 3.10. The van der Waals surface area contributed by atoms with E-state index in [1.165, 1.54) is 30.0 Å². The zero-order valence-electron chi connectivity index (χ0n) is 13.3. The summed E-state index contributed by atoms with van der Waals surface area (Å²) in [7, 11) is 1.57. The largest absolute Gasteiger partial charge is 0.573 e. The predicted octanol–water partition coefficient (Wildman–Crippen LogP) is 4.00. The molecule has 0 unspecified atom stereocenters. The molecule has 8 heteroatoms. The Balaban J connectivity index is 1.85. The topological polar surface area (TPSA) is 47.6 Å². The number of carbonyl (C=O) groups is 1. The number of para-hydroxylation sites is 1. The molecule has 0 radical (unpaired) electrons. The molecule has 2 aromatic rings. The number of alkyl halides is 3. The molecule has 0 saturated heterocycles. The fraction of sp³-hybridized carbons (Fsp3) is 0.235. The fourth-order valence-corrected chi connectivity index (χ4v) is 2.67. The quantitative estimate of drug-likeness (QED) is 0.748. The summed E-state index contributed by atoms with van der Waals surface area (Å²) < 4.78 is 46.1. The predicted molar refractivity (Wildman–Crippen MR) is 88.7 cm³/mol. The average molecular weight is 371 g/mol. The lowest BCUT2D eigenvalue weighted by atomic mass is 10.2. The molecule has 0 aliphatic carbocycles. The number of ether oxygens (including phenoxy) is 2. The first-order chi connectivity index (χ1) is 11.9. The van der Waals surface area contributed by atoms with E-state index in [1.807, 2.05) is 12.1 Å². The minimum atomic E-state index is -4.77. The van der Waals surface area contributed by atoms with Gasteiger partial charge in [-0.25, -0.2) is 0 Å². The minimum absolute atomic E-state index is 0.0474. The van der Waals surface area contributed by atoms with Crippen molar-refractivity contribution in [1.82, 2.24) is 5.32 Å².